The predicted molar refractivity (Wildman–Crippen MR) is 64.3 cm³/mol. The zero-order valence-corrected chi connectivity index (χ0v) is 10.5. The first-order chi connectivity index (χ1) is 8.58. The molecule has 2 N–H and O–H groups in total. The molecule has 1 aliphatic heterocycles. The molecular weight excluding hydrogens is 256 g/mol. The number of carbonyl (C=O) groups is 2. The van der Waals surface area contributed by atoms with E-state index < -0.39 is 23.8 Å². The molecule has 98 valence electrons. The second-order valence-corrected chi connectivity index (χ2v) is 5.32. The van der Waals surface area contributed by atoms with Crippen LogP contribution in [0.25, 0.3) is 0 Å². The maximum Gasteiger partial charge on any atom is 0.308 e. The second kappa shape index (κ2) is 5.45. The summed E-state index contributed by atoms with van der Waals surface area (Å²) in [6.07, 6.45) is 2.08. The van der Waals surface area contributed by atoms with Crippen LogP contribution in [0.5, 0.6) is 0 Å². The van der Waals surface area contributed by atoms with Crippen molar-refractivity contribution >= 4 is 23.3 Å². The van der Waals surface area contributed by atoms with Crippen LogP contribution < -0.4 is 0 Å². The Kier molecular flexibility index (Phi) is 3.93. The molecule has 2 atom stereocenters. The summed E-state index contributed by atoms with van der Waals surface area (Å²) in [6.45, 7) is 1.46. The maximum absolute atomic E-state index is 11.1. The molecule has 2 heterocycles. The fourth-order valence-corrected chi connectivity index (χ4v) is 2.89. The fourth-order valence-electron chi connectivity index (χ4n) is 2.23. The highest BCUT2D eigenvalue weighted by Crippen LogP contribution is 2.25. The summed E-state index contributed by atoms with van der Waals surface area (Å²) >= 11 is 1.52. The molecule has 0 amide bonds. The molecule has 1 aromatic rings. The highest BCUT2D eigenvalue weighted by atomic mass is 32.1. The zero-order chi connectivity index (χ0) is 13.1. The van der Waals surface area contributed by atoms with E-state index in [1.54, 1.807) is 6.20 Å². The van der Waals surface area contributed by atoms with Crippen molar-refractivity contribution in [3.05, 3.63) is 16.6 Å². The minimum absolute atomic E-state index is 0.270. The van der Waals surface area contributed by atoms with Crippen molar-refractivity contribution in [2.75, 3.05) is 13.1 Å². The molecule has 0 aliphatic carbocycles. The molecule has 1 aliphatic rings. The van der Waals surface area contributed by atoms with Crippen molar-refractivity contribution in [2.45, 2.75) is 13.0 Å². The van der Waals surface area contributed by atoms with Crippen molar-refractivity contribution in [3.8, 4) is 0 Å². The number of aliphatic carboxylic acids is 2. The van der Waals surface area contributed by atoms with Crippen molar-refractivity contribution in [1.82, 2.24) is 9.88 Å². The third-order valence-corrected chi connectivity index (χ3v) is 3.94. The molecule has 1 fully saturated rings. The lowest BCUT2D eigenvalue weighted by Gasteiger charge is -2.33. The standard InChI is InChI=1S/C11H14N2O4S/c14-10(15)7-1-3-13(5-8(7)11(16)17)6-9-12-2-4-18-9/h2,4,7-8H,1,3,5-6H2,(H,14,15)(H,16,17). The van der Waals surface area contributed by atoms with Gasteiger partial charge in [-0.05, 0) is 13.0 Å². The van der Waals surface area contributed by atoms with E-state index in [4.69, 9.17) is 10.2 Å². The van der Waals surface area contributed by atoms with Crippen LogP contribution in [0.4, 0.5) is 0 Å². The van der Waals surface area contributed by atoms with Crippen LogP contribution >= 0.6 is 11.3 Å². The normalized spacial score (nSPS) is 24.9. The molecule has 0 aromatic carbocycles. The molecule has 0 bridgehead atoms. The van der Waals surface area contributed by atoms with Gasteiger partial charge in [0.1, 0.15) is 5.01 Å². The Morgan fingerprint density at radius 3 is 2.67 bits per heavy atom. The van der Waals surface area contributed by atoms with Crippen LogP contribution in [0.1, 0.15) is 11.4 Å². The summed E-state index contributed by atoms with van der Waals surface area (Å²) in [7, 11) is 0. The van der Waals surface area contributed by atoms with Gasteiger partial charge in [0.2, 0.25) is 0 Å². The first kappa shape index (κ1) is 13.0. The molecule has 18 heavy (non-hydrogen) atoms. The molecule has 7 heteroatoms. The number of nitrogens with zero attached hydrogens (tertiary/aromatic N) is 2. The molecular formula is C11H14N2O4S. The number of piperidine rings is 1. The number of hydrogen-bond acceptors (Lipinski definition) is 5. The van der Waals surface area contributed by atoms with Crippen molar-refractivity contribution in [1.29, 1.82) is 0 Å². The van der Waals surface area contributed by atoms with Crippen molar-refractivity contribution in [2.24, 2.45) is 11.8 Å². The first-order valence-corrected chi connectivity index (χ1v) is 6.52. The lowest BCUT2D eigenvalue weighted by Crippen LogP contribution is -2.46. The maximum atomic E-state index is 11.1. The topological polar surface area (TPSA) is 90.7 Å². The highest BCUT2D eigenvalue weighted by Gasteiger charge is 2.38. The smallest absolute Gasteiger partial charge is 0.308 e. The number of carboxylic acids is 2. The fraction of sp³-hybridized carbons (Fsp3) is 0.545. The SMILES string of the molecule is O=C(O)C1CCN(Cc2nccs2)CC1C(=O)O. The predicted octanol–water partition coefficient (Wildman–Crippen LogP) is 0.750. The van der Waals surface area contributed by atoms with Gasteiger partial charge in [-0.15, -0.1) is 11.3 Å². The third-order valence-electron chi connectivity index (χ3n) is 3.17. The van der Waals surface area contributed by atoms with Crippen molar-refractivity contribution in [3.63, 3.8) is 0 Å². The van der Waals surface area contributed by atoms with Crippen LogP contribution in [-0.4, -0.2) is 45.1 Å². The number of hydrogen-bond donors (Lipinski definition) is 2. The Balaban J connectivity index is 2.02. The Morgan fingerprint density at radius 1 is 1.39 bits per heavy atom. The van der Waals surface area contributed by atoms with Gasteiger partial charge in [0.25, 0.3) is 0 Å². The minimum atomic E-state index is -1.04. The monoisotopic (exact) mass is 270 g/mol. The van der Waals surface area contributed by atoms with E-state index in [1.165, 1.54) is 11.3 Å². The van der Waals surface area contributed by atoms with Crippen LogP contribution in [0.3, 0.4) is 0 Å². The zero-order valence-electron chi connectivity index (χ0n) is 9.65. The highest BCUT2D eigenvalue weighted by molar-refractivity contribution is 7.09. The van der Waals surface area contributed by atoms with Crippen LogP contribution in [0, 0.1) is 11.8 Å². The van der Waals surface area contributed by atoms with Gasteiger partial charge in [-0.25, -0.2) is 4.98 Å². The van der Waals surface area contributed by atoms with Crippen LogP contribution in [0.15, 0.2) is 11.6 Å². The number of aromatic nitrogens is 1. The van der Waals surface area contributed by atoms with Gasteiger partial charge >= 0.3 is 11.9 Å². The molecule has 0 spiro atoms. The first-order valence-electron chi connectivity index (χ1n) is 5.64. The van der Waals surface area contributed by atoms with Crippen LogP contribution in [-0.2, 0) is 16.1 Å². The van der Waals surface area contributed by atoms with E-state index in [9.17, 15) is 9.59 Å². The molecule has 0 saturated carbocycles. The van der Waals surface area contributed by atoms with E-state index in [0.29, 0.717) is 19.5 Å². The van der Waals surface area contributed by atoms with Gasteiger partial charge in [0, 0.05) is 18.1 Å². The summed E-state index contributed by atoms with van der Waals surface area (Å²) in [6, 6.07) is 0. The van der Waals surface area contributed by atoms with Gasteiger partial charge in [-0.1, -0.05) is 0 Å². The second-order valence-electron chi connectivity index (χ2n) is 4.34. The van der Waals surface area contributed by atoms with E-state index in [0.717, 1.165) is 5.01 Å². The van der Waals surface area contributed by atoms with Crippen LogP contribution in [0.2, 0.25) is 0 Å². The minimum Gasteiger partial charge on any atom is -0.481 e. The van der Waals surface area contributed by atoms with E-state index in [1.807, 2.05) is 10.3 Å². The van der Waals surface area contributed by atoms with Gasteiger partial charge in [-0.2, -0.15) is 0 Å². The molecule has 2 unspecified atom stereocenters. The lowest BCUT2D eigenvalue weighted by atomic mass is 9.85. The summed E-state index contributed by atoms with van der Waals surface area (Å²) in [4.78, 5) is 28.2. The molecule has 2 rings (SSSR count). The van der Waals surface area contributed by atoms with Gasteiger partial charge in [-0.3, -0.25) is 14.5 Å². The third kappa shape index (κ3) is 2.85. The summed E-state index contributed by atoms with van der Waals surface area (Å²) in [5.74, 6) is -3.67. The molecule has 6 nitrogen and oxygen atoms in total. The number of thiazole rings is 1. The number of carboxylic acid groups (broad SMARTS) is 2. The summed E-state index contributed by atoms with van der Waals surface area (Å²) < 4.78 is 0. The van der Waals surface area contributed by atoms with Gasteiger partial charge < -0.3 is 10.2 Å². The number of rotatable bonds is 4. The lowest BCUT2D eigenvalue weighted by molar-refractivity contribution is -0.157. The van der Waals surface area contributed by atoms with E-state index in [-0.39, 0.29) is 6.54 Å². The summed E-state index contributed by atoms with van der Waals surface area (Å²) in [5.41, 5.74) is 0. The Bertz CT molecular complexity index is 434. The van der Waals surface area contributed by atoms with Gasteiger partial charge in [0.05, 0.1) is 18.4 Å². The Hall–Kier alpha value is -1.47. The molecule has 1 aromatic heterocycles. The van der Waals surface area contributed by atoms with E-state index >= 15 is 0 Å². The number of likely N-dealkylation sites (tertiary alicyclic amines) is 1. The quantitative estimate of drug-likeness (QED) is 0.839. The summed E-state index contributed by atoms with van der Waals surface area (Å²) in [5, 5.41) is 20.9. The van der Waals surface area contributed by atoms with E-state index in [2.05, 4.69) is 4.98 Å². The Labute approximate surface area is 108 Å². The largest absolute Gasteiger partial charge is 0.481 e. The van der Waals surface area contributed by atoms with Crippen molar-refractivity contribution < 1.29 is 19.8 Å². The molecule has 0 radical (unpaired) electrons. The average Bonchev–Trinajstić information content (AvgIpc) is 2.81. The Morgan fingerprint density at radius 2 is 2.11 bits per heavy atom. The molecule has 1 saturated heterocycles. The van der Waals surface area contributed by atoms with Gasteiger partial charge in [0.15, 0.2) is 0 Å². The average molecular weight is 270 g/mol.